The van der Waals surface area contributed by atoms with Crippen LogP contribution < -0.4 is 9.47 Å². The average molecular weight is 382 g/mol. The smallest absolute Gasteiger partial charge is 0.347 e. The maximum Gasteiger partial charge on any atom is 0.347 e. The molecule has 0 amide bonds. The lowest BCUT2D eigenvalue weighted by Gasteiger charge is -2.27. The Morgan fingerprint density at radius 3 is 2.29 bits per heavy atom. The third kappa shape index (κ3) is 4.60. The van der Waals surface area contributed by atoms with Crippen molar-refractivity contribution in [1.82, 2.24) is 0 Å². The highest BCUT2D eigenvalue weighted by Crippen LogP contribution is 2.30. The number of carboxylic acids is 1. The number of allylic oxidation sites excluding steroid dienone is 1. The molecule has 1 atom stereocenters. The maximum absolute atomic E-state index is 12.5. The van der Waals surface area contributed by atoms with Crippen LogP contribution in [0.25, 0.3) is 6.08 Å². The van der Waals surface area contributed by atoms with E-state index in [4.69, 9.17) is 9.47 Å². The highest BCUT2D eigenvalue weighted by Gasteiger charge is 2.34. The van der Waals surface area contributed by atoms with Crippen LogP contribution in [-0.4, -0.2) is 29.6 Å². The van der Waals surface area contributed by atoms with E-state index in [0.29, 0.717) is 23.5 Å². The quantitative estimate of drug-likeness (QED) is 0.522. The van der Waals surface area contributed by atoms with E-state index in [0.717, 1.165) is 16.7 Å². The summed E-state index contributed by atoms with van der Waals surface area (Å²) < 4.78 is 11.1. The van der Waals surface area contributed by atoms with Gasteiger partial charge in [-0.2, -0.15) is 0 Å². The molecule has 28 heavy (non-hydrogen) atoms. The van der Waals surface area contributed by atoms with Crippen LogP contribution in [0.5, 0.6) is 11.5 Å². The molecule has 5 nitrogen and oxygen atoms in total. The minimum absolute atomic E-state index is 0.155. The Balaban J connectivity index is 2.28. The standard InChI is InChI=1S/C23H26O5/c1-6-23(4,22(25)26)28-21-15(2)13-17(14-16(21)3)11-12-19(24)18-9-7-8-10-20(18)27-5/h7-14H,6H2,1-5H3,(H,25,26)/b12-11+. The molecule has 1 unspecified atom stereocenters. The predicted octanol–water partition coefficient (Wildman–Crippen LogP) is 4.84. The fourth-order valence-electron chi connectivity index (χ4n) is 2.84. The van der Waals surface area contributed by atoms with E-state index in [1.807, 2.05) is 32.0 Å². The van der Waals surface area contributed by atoms with Crippen molar-refractivity contribution < 1.29 is 24.2 Å². The van der Waals surface area contributed by atoms with Gasteiger partial charge < -0.3 is 14.6 Å². The van der Waals surface area contributed by atoms with Crippen molar-refractivity contribution >= 4 is 17.8 Å². The fraction of sp³-hybridized carbons (Fsp3) is 0.304. The van der Waals surface area contributed by atoms with Crippen LogP contribution in [0.2, 0.25) is 0 Å². The van der Waals surface area contributed by atoms with E-state index in [9.17, 15) is 14.7 Å². The normalized spacial score (nSPS) is 13.2. The Bertz CT molecular complexity index is 890. The molecule has 2 aromatic rings. The van der Waals surface area contributed by atoms with Crippen molar-refractivity contribution in [2.24, 2.45) is 0 Å². The lowest BCUT2D eigenvalue weighted by atomic mass is 10.0. The van der Waals surface area contributed by atoms with E-state index < -0.39 is 11.6 Å². The van der Waals surface area contributed by atoms with Gasteiger partial charge in [-0.25, -0.2) is 4.79 Å². The van der Waals surface area contributed by atoms with Crippen LogP contribution in [0.4, 0.5) is 0 Å². The number of ether oxygens (including phenoxy) is 2. The molecule has 2 aromatic carbocycles. The molecule has 0 saturated heterocycles. The fourth-order valence-corrected chi connectivity index (χ4v) is 2.84. The molecule has 148 valence electrons. The molecule has 2 rings (SSSR count). The van der Waals surface area contributed by atoms with Crippen LogP contribution in [0.1, 0.15) is 47.3 Å². The first-order valence-electron chi connectivity index (χ1n) is 9.11. The SMILES string of the molecule is CCC(C)(Oc1c(C)cc(/C=C/C(=O)c2ccccc2OC)cc1C)C(=O)O. The molecule has 0 bridgehead atoms. The van der Waals surface area contributed by atoms with E-state index in [1.165, 1.54) is 13.2 Å². The molecule has 0 fully saturated rings. The number of hydrogen-bond acceptors (Lipinski definition) is 4. The number of hydrogen-bond donors (Lipinski definition) is 1. The summed E-state index contributed by atoms with van der Waals surface area (Å²) in [7, 11) is 1.53. The van der Waals surface area contributed by atoms with Crippen molar-refractivity contribution in [2.75, 3.05) is 7.11 Å². The lowest BCUT2D eigenvalue weighted by molar-refractivity contribution is -0.154. The third-order valence-electron chi connectivity index (χ3n) is 4.74. The number of ketones is 1. The van der Waals surface area contributed by atoms with Crippen LogP contribution in [-0.2, 0) is 4.79 Å². The predicted molar refractivity (Wildman–Crippen MR) is 109 cm³/mol. The first-order valence-corrected chi connectivity index (χ1v) is 9.11. The van der Waals surface area contributed by atoms with Gasteiger partial charge >= 0.3 is 5.97 Å². The zero-order valence-corrected chi connectivity index (χ0v) is 16.9. The van der Waals surface area contributed by atoms with Crippen molar-refractivity contribution in [3.63, 3.8) is 0 Å². The topological polar surface area (TPSA) is 72.8 Å². The molecule has 0 aliphatic heterocycles. The van der Waals surface area contributed by atoms with Crippen LogP contribution >= 0.6 is 0 Å². The zero-order chi connectivity index (χ0) is 20.9. The Labute approximate surface area is 165 Å². The van der Waals surface area contributed by atoms with Gasteiger partial charge in [0, 0.05) is 0 Å². The second-order valence-corrected chi connectivity index (χ2v) is 6.87. The van der Waals surface area contributed by atoms with Gasteiger partial charge in [-0.1, -0.05) is 25.1 Å². The summed E-state index contributed by atoms with van der Waals surface area (Å²) in [5.74, 6) is -0.0709. The van der Waals surface area contributed by atoms with Gasteiger partial charge in [0.25, 0.3) is 0 Å². The van der Waals surface area contributed by atoms with Crippen LogP contribution in [0.3, 0.4) is 0 Å². The number of carboxylic acid groups (broad SMARTS) is 1. The number of aryl methyl sites for hydroxylation is 2. The van der Waals surface area contributed by atoms with Gasteiger partial charge in [0.05, 0.1) is 12.7 Å². The summed E-state index contributed by atoms with van der Waals surface area (Å²) in [6.45, 7) is 7.06. The van der Waals surface area contributed by atoms with Gasteiger partial charge in [-0.3, -0.25) is 4.79 Å². The number of aliphatic carboxylic acids is 1. The highest BCUT2D eigenvalue weighted by atomic mass is 16.5. The minimum atomic E-state index is -1.29. The summed E-state index contributed by atoms with van der Waals surface area (Å²) in [6, 6.07) is 10.8. The van der Waals surface area contributed by atoms with Gasteiger partial charge in [0.2, 0.25) is 5.60 Å². The van der Waals surface area contributed by atoms with Crippen molar-refractivity contribution in [3.8, 4) is 11.5 Å². The number of benzene rings is 2. The molecule has 0 aliphatic rings. The maximum atomic E-state index is 12.5. The Morgan fingerprint density at radius 1 is 1.14 bits per heavy atom. The number of carbonyl (C=O) groups excluding carboxylic acids is 1. The highest BCUT2D eigenvalue weighted by molar-refractivity contribution is 6.08. The second-order valence-electron chi connectivity index (χ2n) is 6.87. The summed E-state index contributed by atoms with van der Waals surface area (Å²) in [4.78, 5) is 24.0. The molecule has 0 aliphatic carbocycles. The molecule has 0 aromatic heterocycles. The zero-order valence-electron chi connectivity index (χ0n) is 16.9. The number of carbonyl (C=O) groups is 2. The van der Waals surface area contributed by atoms with E-state index in [1.54, 1.807) is 38.1 Å². The summed E-state index contributed by atoms with van der Waals surface area (Å²) in [6.07, 6.45) is 3.57. The van der Waals surface area contributed by atoms with Crippen molar-refractivity contribution in [3.05, 3.63) is 64.7 Å². The molecular weight excluding hydrogens is 356 g/mol. The number of methoxy groups -OCH3 is 1. The summed E-state index contributed by atoms with van der Waals surface area (Å²) in [5, 5.41) is 9.44. The monoisotopic (exact) mass is 382 g/mol. The third-order valence-corrected chi connectivity index (χ3v) is 4.74. The summed E-state index contributed by atoms with van der Waals surface area (Å²) in [5.41, 5.74) is 1.66. The molecule has 0 spiro atoms. The molecule has 5 heteroatoms. The van der Waals surface area contributed by atoms with Gasteiger partial charge in [0.1, 0.15) is 11.5 Å². The summed E-state index contributed by atoms with van der Waals surface area (Å²) >= 11 is 0. The van der Waals surface area contributed by atoms with E-state index in [2.05, 4.69) is 0 Å². The molecule has 0 heterocycles. The first-order chi connectivity index (χ1) is 13.2. The molecule has 1 N–H and O–H groups in total. The Morgan fingerprint density at radius 2 is 1.75 bits per heavy atom. The average Bonchev–Trinajstić information content (AvgIpc) is 2.68. The first kappa shape index (κ1) is 21.2. The van der Waals surface area contributed by atoms with Gasteiger partial charge in [0.15, 0.2) is 5.78 Å². The number of rotatable bonds is 8. The number of para-hydroxylation sites is 1. The van der Waals surface area contributed by atoms with Crippen molar-refractivity contribution in [2.45, 2.75) is 39.7 Å². The molecule has 0 radical (unpaired) electrons. The molecule has 0 saturated carbocycles. The second kappa shape index (κ2) is 8.74. The largest absolute Gasteiger partial charge is 0.496 e. The van der Waals surface area contributed by atoms with Crippen molar-refractivity contribution in [1.29, 1.82) is 0 Å². The van der Waals surface area contributed by atoms with Gasteiger partial charge in [-0.15, -0.1) is 0 Å². The van der Waals surface area contributed by atoms with Gasteiger partial charge in [-0.05, 0) is 74.2 Å². The van der Waals surface area contributed by atoms with E-state index >= 15 is 0 Å². The van der Waals surface area contributed by atoms with E-state index in [-0.39, 0.29) is 5.78 Å². The Kier molecular flexibility index (Phi) is 6.62. The van der Waals surface area contributed by atoms with Crippen LogP contribution in [0, 0.1) is 13.8 Å². The lowest BCUT2D eigenvalue weighted by Crippen LogP contribution is -2.41. The minimum Gasteiger partial charge on any atom is -0.496 e. The van der Waals surface area contributed by atoms with Crippen LogP contribution in [0.15, 0.2) is 42.5 Å². The Hall–Kier alpha value is -3.08. The molecular formula is C23H26O5.